The normalized spacial score (nSPS) is 12.3. The summed E-state index contributed by atoms with van der Waals surface area (Å²) in [5.41, 5.74) is 1.13. The third kappa shape index (κ3) is 2.89. The molecule has 0 atom stereocenters. The van der Waals surface area contributed by atoms with E-state index in [4.69, 9.17) is 13.3 Å². The van der Waals surface area contributed by atoms with Crippen LogP contribution in [0.2, 0.25) is 0 Å². The van der Waals surface area contributed by atoms with Gasteiger partial charge in [-0.05, 0) is 6.07 Å². The number of aromatic hydroxyl groups is 1. The number of hydrogen-bond donors (Lipinski definition) is 1. The van der Waals surface area contributed by atoms with Crippen molar-refractivity contribution in [3.63, 3.8) is 0 Å². The van der Waals surface area contributed by atoms with E-state index in [1.165, 1.54) is 6.07 Å². The van der Waals surface area contributed by atoms with E-state index in [2.05, 4.69) is 0 Å². The van der Waals surface area contributed by atoms with Gasteiger partial charge in [0.2, 0.25) is 0 Å². The van der Waals surface area contributed by atoms with Gasteiger partial charge in [-0.3, -0.25) is 13.8 Å². The molecule has 7 heteroatoms. The molecule has 1 N–H and O–H groups in total. The molecule has 0 amide bonds. The van der Waals surface area contributed by atoms with Crippen LogP contribution >= 0.6 is 0 Å². The SMILES string of the molecule is O=C1c2ccccc2C(=O)c2c(O)cccc21.O=S([O-])[O-]. The van der Waals surface area contributed by atoms with Crippen LogP contribution < -0.4 is 0 Å². The molecule has 108 valence electrons. The lowest BCUT2D eigenvalue weighted by atomic mass is 9.84. The summed E-state index contributed by atoms with van der Waals surface area (Å²) in [6.45, 7) is 0. The second-order valence-electron chi connectivity index (χ2n) is 4.11. The Morgan fingerprint density at radius 3 is 1.86 bits per heavy atom. The van der Waals surface area contributed by atoms with Crippen LogP contribution in [0, 0.1) is 0 Å². The van der Waals surface area contributed by atoms with Gasteiger partial charge in [0, 0.05) is 16.7 Å². The summed E-state index contributed by atoms with van der Waals surface area (Å²) in [6.07, 6.45) is 0. The van der Waals surface area contributed by atoms with Crippen LogP contribution in [0.4, 0.5) is 0 Å². The molecule has 6 nitrogen and oxygen atoms in total. The van der Waals surface area contributed by atoms with Crippen molar-refractivity contribution in [1.29, 1.82) is 0 Å². The van der Waals surface area contributed by atoms with E-state index in [0.29, 0.717) is 11.1 Å². The lowest BCUT2D eigenvalue weighted by Gasteiger charge is -2.17. The predicted molar refractivity (Wildman–Crippen MR) is 71.1 cm³/mol. The van der Waals surface area contributed by atoms with Crippen LogP contribution in [0.15, 0.2) is 42.5 Å². The first kappa shape index (κ1) is 15.0. The van der Waals surface area contributed by atoms with Crippen LogP contribution in [-0.4, -0.2) is 30.0 Å². The molecule has 3 rings (SSSR count). The van der Waals surface area contributed by atoms with Crippen LogP contribution in [0.1, 0.15) is 31.8 Å². The number of rotatable bonds is 0. The Labute approximate surface area is 122 Å². The minimum atomic E-state index is -3.11. The van der Waals surface area contributed by atoms with Gasteiger partial charge in [0.25, 0.3) is 0 Å². The Hall–Kier alpha value is -2.35. The highest BCUT2D eigenvalue weighted by Gasteiger charge is 2.31. The molecule has 0 unspecified atom stereocenters. The van der Waals surface area contributed by atoms with Gasteiger partial charge in [-0.15, -0.1) is 11.4 Å². The predicted octanol–water partition coefficient (Wildman–Crippen LogP) is 1.16. The Bertz CT molecular complexity index is 749. The molecule has 2 aromatic carbocycles. The smallest absolute Gasteiger partial charge is 0.198 e. The maximum absolute atomic E-state index is 12.2. The lowest BCUT2D eigenvalue weighted by molar-refractivity contribution is 0.0976. The van der Waals surface area contributed by atoms with E-state index in [-0.39, 0.29) is 28.4 Å². The van der Waals surface area contributed by atoms with E-state index >= 15 is 0 Å². The topological polar surface area (TPSA) is 118 Å². The molecule has 0 aromatic heterocycles. The highest BCUT2D eigenvalue weighted by Crippen LogP contribution is 2.32. The van der Waals surface area contributed by atoms with Crippen molar-refractivity contribution in [2.24, 2.45) is 0 Å². The standard InChI is InChI=1S/C14H8O3.H2O3S/c15-11-7-3-6-10-12(11)14(17)9-5-2-1-4-8(9)13(10)16;1-4(2)3/h1-7,15H;(H2,1,2,3)/p-2. The van der Waals surface area contributed by atoms with E-state index in [0.717, 1.165) is 0 Å². The van der Waals surface area contributed by atoms with Crippen molar-refractivity contribution < 1.29 is 28.0 Å². The first-order valence-corrected chi connectivity index (χ1v) is 6.70. The summed E-state index contributed by atoms with van der Waals surface area (Å²) in [6, 6.07) is 11.2. The Morgan fingerprint density at radius 2 is 1.29 bits per heavy atom. The van der Waals surface area contributed by atoms with E-state index in [1.807, 2.05) is 0 Å². The van der Waals surface area contributed by atoms with Crippen molar-refractivity contribution in [3.8, 4) is 5.75 Å². The molecule has 0 heterocycles. The fraction of sp³-hybridized carbons (Fsp3) is 0. The van der Waals surface area contributed by atoms with E-state index in [9.17, 15) is 14.7 Å². The van der Waals surface area contributed by atoms with E-state index < -0.39 is 11.4 Å². The molecular weight excluding hydrogens is 296 g/mol. The first-order chi connectivity index (χ1) is 9.93. The summed E-state index contributed by atoms with van der Waals surface area (Å²) in [5.74, 6) is -0.658. The van der Waals surface area contributed by atoms with Crippen LogP contribution in [0.5, 0.6) is 5.75 Å². The largest absolute Gasteiger partial charge is 0.784 e. The lowest BCUT2D eigenvalue weighted by Crippen LogP contribution is -2.20. The van der Waals surface area contributed by atoms with Gasteiger partial charge in [0.05, 0.1) is 5.56 Å². The average molecular weight is 304 g/mol. The Kier molecular flexibility index (Phi) is 4.27. The second kappa shape index (κ2) is 5.96. The minimum Gasteiger partial charge on any atom is -0.784 e. The third-order valence-electron chi connectivity index (χ3n) is 2.93. The van der Waals surface area contributed by atoms with Gasteiger partial charge in [0.15, 0.2) is 11.6 Å². The van der Waals surface area contributed by atoms with Crippen molar-refractivity contribution in [2.45, 2.75) is 0 Å². The van der Waals surface area contributed by atoms with Crippen LogP contribution in [0.3, 0.4) is 0 Å². The summed E-state index contributed by atoms with van der Waals surface area (Å²) < 4.78 is 25.3. The van der Waals surface area contributed by atoms with Crippen LogP contribution in [-0.2, 0) is 11.4 Å². The molecule has 0 radical (unpaired) electrons. The number of carbonyl (C=O) groups is 2. The highest BCUT2D eigenvalue weighted by molar-refractivity contribution is 7.72. The first-order valence-electron chi connectivity index (χ1n) is 5.70. The van der Waals surface area contributed by atoms with Gasteiger partial charge in [-0.2, -0.15) is 0 Å². The van der Waals surface area contributed by atoms with Crippen LogP contribution in [0.25, 0.3) is 0 Å². The monoisotopic (exact) mass is 304 g/mol. The number of benzene rings is 2. The van der Waals surface area contributed by atoms with Gasteiger partial charge < -0.3 is 14.2 Å². The molecule has 1 aliphatic carbocycles. The summed E-state index contributed by atoms with van der Waals surface area (Å²) in [5, 5.41) is 9.70. The maximum atomic E-state index is 12.2. The fourth-order valence-electron chi connectivity index (χ4n) is 2.13. The number of phenols is 1. The molecule has 0 saturated carbocycles. The van der Waals surface area contributed by atoms with Gasteiger partial charge in [-0.1, -0.05) is 36.4 Å². The highest BCUT2D eigenvalue weighted by atomic mass is 32.2. The number of carbonyl (C=O) groups excluding carboxylic acids is 2. The number of fused-ring (bicyclic) bond motifs is 2. The average Bonchev–Trinajstić information content (AvgIpc) is 2.44. The zero-order valence-corrected chi connectivity index (χ0v) is 11.3. The van der Waals surface area contributed by atoms with E-state index in [1.54, 1.807) is 36.4 Å². The van der Waals surface area contributed by atoms with Gasteiger partial charge >= 0.3 is 0 Å². The minimum absolute atomic E-state index is 0.108. The molecule has 2 aromatic rings. The summed E-state index contributed by atoms with van der Waals surface area (Å²) in [4.78, 5) is 24.3. The molecule has 1 aliphatic rings. The van der Waals surface area contributed by atoms with Crippen molar-refractivity contribution in [2.75, 3.05) is 0 Å². The van der Waals surface area contributed by atoms with Crippen molar-refractivity contribution in [1.82, 2.24) is 0 Å². The molecule has 21 heavy (non-hydrogen) atoms. The molecule has 0 aliphatic heterocycles. The maximum Gasteiger partial charge on any atom is 0.198 e. The van der Waals surface area contributed by atoms with Gasteiger partial charge in [-0.25, -0.2) is 0 Å². The summed E-state index contributed by atoms with van der Waals surface area (Å²) in [7, 11) is 0. The number of ketones is 2. The zero-order chi connectivity index (χ0) is 15.6. The fourth-order valence-corrected chi connectivity index (χ4v) is 2.13. The quantitative estimate of drug-likeness (QED) is 0.623. The zero-order valence-electron chi connectivity index (χ0n) is 10.4. The number of phenolic OH excluding ortho intramolecular Hbond substituents is 1. The molecular formula is C14H8O6S-2. The number of hydrogen-bond acceptors (Lipinski definition) is 6. The Balaban J connectivity index is 0.000000361. The Morgan fingerprint density at radius 1 is 0.810 bits per heavy atom. The second-order valence-corrected chi connectivity index (χ2v) is 4.52. The third-order valence-corrected chi connectivity index (χ3v) is 2.93. The van der Waals surface area contributed by atoms with Crippen molar-refractivity contribution >= 4 is 22.9 Å². The molecule has 0 spiro atoms. The van der Waals surface area contributed by atoms with Crippen molar-refractivity contribution in [3.05, 3.63) is 64.7 Å². The molecule has 0 fully saturated rings. The molecule has 0 bridgehead atoms. The van der Waals surface area contributed by atoms with Gasteiger partial charge in [0.1, 0.15) is 5.75 Å². The summed E-state index contributed by atoms with van der Waals surface area (Å²) >= 11 is -3.11. The molecule has 0 saturated heterocycles.